The number of aromatic hydroxyl groups is 2. The van der Waals surface area contributed by atoms with Crippen LogP contribution in [-0.2, 0) is 0 Å². The normalized spacial score (nSPS) is 11.0. The van der Waals surface area contributed by atoms with Crippen molar-refractivity contribution in [1.29, 1.82) is 0 Å². The number of ether oxygens (including phenoxy) is 1. The van der Waals surface area contributed by atoms with E-state index in [0.29, 0.717) is 17.7 Å². The molecule has 30 heavy (non-hydrogen) atoms. The van der Waals surface area contributed by atoms with Crippen LogP contribution < -0.4 is 10.1 Å². The van der Waals surface area contributed by atoms with E-state index in [1.165, 1.54) is 0 Å². The van der Waals surface area contributed by atoms with Crippen LogP contribution in [0, 0.1) is 0 Å². The zero-order valence-electron chi connectivity index (χ0n) is 16.4. The molecule has 0 spiro atoms. The Kier molecular flexibility index (Phi) is 5.91. The Balaban J connectivity index is 1.76. The second-order valence-electron chi connectivity index (χ2n) is 6.84. The summed E-state index contributed by atoms with van der Waals surface area (Å²) in [5, 5.41) is 23.4. The van der Waals surface area contributed by atoms with Gasteiger partial charge in [-0.15, -0.1) is 0 Å². The van der Waals surface area contributed by atoms with Crippen LogP contribution >= 0.6 is 0 Å². The molecule has 0 aliphatic carbocycles. The summed E-state index contributed by atoms with van der Waals surface area (Å²) < 4.78 is 7.56. The van der Waals surface area contributed by atoms with Gasteiger partial charge < -0.3 is 0 Å². The Morgan fingerprint density at radius 1 is 0.967 bits per heavy atom. The Labute approximate surface area is 180 Å². The van der Waals surface area contributed by atoms with E-state index in [-0.39, 0.29) is 31.8 Å². The summed E-state index contributed by atoms with van der Waals surface area (Å²) >= 11 is -0.133. The first kappa shape index (κ1) is 20.2. The summed E-state index contributed by atoms with van der Waals surface area (Å²) in [7, 11) is 1.87. The van der Waals surface area contributed by atoms with E-state index in [0.717, 1.165) is 31.9 Å². The number of ketones is 1. The molecule has 0 unspecified atom stereocenters. The predicted molar refractivity (Wildman–Crippen MR) is 119 cm³/mol. The third-order valence-corrected chi connectivity index (χ3v) is 7.29. The van der Waals surface area contributed by atoms with Crippen molar-refractivity contribution >= 4 is 29.9 Å². The molecule has 6 heteroatoms. The van der Waals surface area contributed by atoms with Gasteiger partial charge in [0.05, 0.1) is 0 Å². The van der Waals surface area contributed by atoms with E-state index in [2.05, 4.69) is 5.32 Å². The van der Waals surface area contributed by atoms with E-state index in [1.807, 2.05) is 37.4 Å². The third-order valence-electron chi connectivity index (χ3n) is 4.77. The van der Waals surface area contributed by atoms with Crippen molar-refractivity contribution in [3.05, 3.63) is 77.9 Å². The average Bonchev–Trinajstić information content (AvgIpc) is 3.13. The SMILES string of the molecule is CNCCOc1ccc(C(=O)c2c(-c3ccc(O)cc3)[se]c3cc(O)ccc23)cc1. The van der Waals surface area contributed by atoms with Gasteiger partial charge in [0.15, 0.2) is 0 Å². The van der Waals surface area contributed by atoms with Gasteiger partial charge in [0.1, 0.15) is 0 Å². The standard InChI is InChI=1S/C24H21NO4Se/c1-25-12-13-29-19-9-4-15(5-10-19)23(28)22-20-11-8-18(27)14-21(20)30-24(22)16-2-6-17(26)7-3-16/h2-11,14,25-27H,12-13H2,1H3. The molecule has 152 valence electrons. The second kappa shape index (κ2) is 8.76. The van der Waals surface area contributed by atoms with Gasteiger partial charge in [-0.1, -0.05) is 0 Å². The molecular weight excluding hydrogens is 445 g/mol. The number of fused-ring (bicyclic) bond motifs is 1. The Bertz CT molecular complexity index is 1180. The van der Waals surface area contributed by atoms with Gasteiger partial charge in [0, 0.05) is 0 Å². The molecule has 0 saturated carbocycles. The Hall–Kier alpha value is -3.05. The van der Waals surface area contributed by atoms with Gasteiger partial charge in [0.2, 0.25) is 0 Å². The van der Waals surface area contributed by atoms with Gasteiger partial charge in [-0.25, -0.2) is 0 Å². The van der Waals surface area contributed by atoms with Crippen molar-refractivity contribution in [3.63, 3.8) is 0 Å². The maximum atomic E-state index is 13.5. The van der Waals surface area contributed by atoms with Crippen LogP contribution in [0.15, 0.2) is 66.7 Å². The molecule has 4 rings (SSSR count). The van der Waals surface area contributed by atoms with E-state index in [9.17, 15) is 15.0 Å². The molecule has 0 aliphatic rings. The van der Waals surface area contributed by atoms with Crippen molar-refractivity contribution < 1.29 is 19.7 Å². The Morgan fingerprint density at radius 3 is 2.37 bits per heavy atom. The molecule has 3 N–H and O–H groups in total. The molecular formula is C24H21NO4Se. The number of phenols is 2. The molecule has 0 bridgehead atoms. The first-order valence-corrected chi connectivity index (χ1v) is 11.2. The first-order chi connectivity index (χ1) is 14.6. The van der Waals surface area contributed by atoms with Crippen LogP contribution in [0.5, 0.6) is 17.2 Å². The number of carbonyl (C=O) groups excluding carboxylic acids is 1. The van der Waals surface area contributed by atoms with Crippen LogP contribution in [0.3, 0.4) is 0 Å². The van der Waals surface area contributed by atoms with Crippen molar-refractivity contribution in [2.24, 2.45) is 0 Å². The number of rotatable bonds is 7. The summed E-state index contributed by atoms with van der Waals surface area (Å²) in [6.45, 7) is 1.30. The molecule has 3 aromatic carbocycles. The summed E-state index contributed by atoms with van der Waals surface area (Å²) in [6.07, 6.45) is 0. The number of carbonyl (C=O) groups is 1. The van der Waals surface area contributed by atoms with Crippen molar-refractivity contribution in [1.82, 2.24) is 5.32 Å². The first-order valence-electron chi connectivity index (χ1n) is 9.54. The summed E-state index contributed by atoms with van der Waals surface area (Å²) in [4.78, 5) is 13.5. The molecule has 4 aromatic rings. The molecule has 0 aliphatic heterocycles. The van der Waals surface area contributed by atoms with Crippen LogP contribution in [-0.4, -0.2) is 50.7 Å². The molecule has 0 saturated heterocycles. The van der Waals surface area contributed by atoms with Crippen LogP contribution in [0.1, 0.15) is 15.9 Å². The van der Waals surface area contributed by atoms with Crippen molar-refractivity contribution in [3.8, 4) is 27.2 Å². The number of phenolic OH excluding ortho intramolecular Hbond substituents is 2. The minimum absolute atomic E-state index is 0.0637. The maximum absolute atomic E-state index is 13.5. The molecule has 0 radical (unpaired) electrons. The van der Waals surface area contributed by atoms with Crippen molar-refractivity contribution in [2.45, 2.75) is 0 Å². The van der Waals surface area contributed by atoms with Crippen LogP contribution in [0.25, 0.3) is 19.6 Å². The van der Waals surface area contributed by atoms with Crippen LogP contribution in [0.2, 0.25) is 0 Å². The van der Waals surface area contributed by atoms with E-state index < -0.39 is 0 Å². The molecule has 0 amide bonds. The molecule has 0 fully saturated rings. The topological polar surface area (TPSA) is 78.8 Å². The van der Waals surface area contributed by atoms with E-state index >= 15 is 0 Å². The fraction of sp³-hybridized carbons (Fsp3) is 0.125. The number of likely N-dealkylation sites (N-methyl/N-ethyl adjacent to an activating group) is 1. The molecule has 0 atom stereocenters. The summed E-state index contributed by atoms with van der Waals surface area (Å²) in [6, 6.07) is 19.2. The molecule has 1 heterocycles. The van der Waals surface area contributed by atoms with Crippen molar-refractivity contribution in [2.75, 3.05) is 20.2 Å². The quantitative estimate of drug-likeness (QED) is 0.219. The van der Waals surface area contributed by atoms with E-state index in [4.69, 9.17) is 4.74 Å². The second-order valence-corrected chi connectivity index (χ2v) is 9.05. The number of hydrogen-bond donors (Lipinski definition) is 3. The summed E-state index contributed by atoms with van der Waals surface area (Å²) in [5.74, 6) is 1.03. The zero-order valence-corrected chi connectivity index (χ0v) is 18.1. The Morgan fingerprint density at radius 2 is 1.67 bits per heavy atom. The number of benzene rings is 3. The number of nitrogens with one attached hydrogen (secondary N) is 1. The number of hydrogen-bond acceptors (Lipinski definition) is 5. The van der Waals surface area contributed by atoms with Gasteiger partial charge in [-0.3, -0.25) is 0 Å². The zero-order chi connectivity index (χ0) is 21.1. The minimum atomic E-state index is -0.133. The molecule has 1 aromatic heterocycles. The van der Waals surface area contributed by atoms with Gasteiger partial charge in [0.25, 0.3) is 0 Å². The monoisotopic (exact) mass is 467 g/mol. The van der Waals surface area contributed by atoms with Gasteiger partial charge in [-0.05, 0) is 0 Å². The van der Waals surface area contributed by atoms with E-state index in [1.54, 1.807) is 36.4 Å². The van der Waals surface area contributed by atoms with Gasteiger partial charge in [-0.2, -0.15) is 0 Å². The van der Waals surface area contributed by atoms with Gasteiger partial charge >= 0.3 is 180 Å². The fourth-order valence-electron chi connectivity index (χ4n) is 3.24. The summed E-state index contributed by atoms with van der Waals surface area (Å²) in [5.41, 5.74) is 2.14. The van der Waals surface area contributed by atoms with Crippen LogP contribution in [0.4, 0.5) is 0 Å². The average molecular weight is 466 g/mol. The fourth-order valence-corrected chi connectivity index (χ4v) is 5.84. The predicted octanol–water partition coefficient (Wildman–Crippen LogP) is 3.80. The molecule has 5 nitrogen and oxygen atoms in total. The third kappa shape index (κ3) is 4.12.